The van der Waals surface area contributed by atoms with Crippen LogP contribution in [0.1, 0.15) is 30.5 Å². The van der Waals surface area contributed by atoms with Crippen molar-refractivity contribution in [3.8, 4) is 0 Å². The Morgan fingerprint density at radius 3 is 2.51 bits per heavy atom. The van der Waals surface area contributed by atoms with Gasteiger partial charge < -0.3 is 10.2 Å². The van der Waals surface area contributed by atoms with Crippen LogP contribution in [0.4, 0.5) is 23.2 Å². The molecular weight excluding hydrogens is 488 g/mol. The SMILES string of the molecule is CC(F)(F)C(=O)N[C@H]1CC(=O)N(c2ccc3c(cnn3Cc3ccccc3F)c2)C1c1ccc(F)cc1. The van der Waals surface area contributed by atoms with Crippen LogP contribution >= 0.6 is 0 Å². The average Bonchev–Trinajstić information content (AvgIpc) is 3.40. The first-order valence-electron chi connectivity index (χ1n) is 11.6. The third-order valence-electron chi connectivity index (χ3n) is 6.43. The zero-order valence-electron chi connectivity index (χ0n) is 19.7. The summed E-state index contributed by atoms with van der Waals surface area (Å²) in [6, 6.07) is 15.0. The number of hydrogen-bond acceptors (Lipinski definition) is 3. The first-order chi connectivity index (χ1) is 17.6. The number of halogens is 4. The molecule has 0 aliphatic carbocycles. The Hall–Kier alpha value is -4.21. The Balaban J connectivity index is 1.51. The zero-order valence-corrected chi connectivity index (χ0v) is 19.7. The van der Waals surface area contributed by atoms with Gasteiger partial charge in [0.2, 0.25) is 5.91 Å². The fourth-order valence-corrected chi connectivity index (χ4v) is 4.64. The van der Waals surface area contributed by atoms with E-state index in [2.05, 4.69) is 10.4 Å². The van der Waals surface area contributed by atoms with Gasteiger partial charge in [0, 0.05) is 30.0 Å². The summed E-state index contributed by atoms with van der Waals surface area (Å²) in [7, 11) is 0. The molecule has 0 radical (unpaired) electrons. The minimum absolute atomic E-state index is 0.204. The third-order valence-corrected chi connectivity index (χ3v) is 6.43. The lowest BCUT2D eigenvalue weighted by Gasteiger charge is -2.29. The quantitative estimate of drug-likeness (QED) is 0.372. The van der Waals surface area contributed by atoms with Gasteiger partial charge in [-0.15, -0.1) is 0 Å². The van der Waals surface area contributed by atoms with Crippen molar-refractivity contribution in [2.75, 3.05) is 4.90 Å². The maximum Gasteiger partial charge on any atom is 0.321 e. The van der Waals surface area contributed by atoms with Crippen molar-refractivity contribution in [3.05, 3.63) is 95.7 Å². The summed E-state index contributed by atoms with van der Waals surface area (Å²) in [5.74, 6) is -6.36. The van der Waals surface area contributed by atoms with Gasteiger partial charge in [-0.3, -0.25) is 14.3 Å². The van der Waals surface area contributed by atoms with E-state index in [9.17, 15) is 27.2 Å². The van der Waals surface area contributed by atoms with Gasteiger partial charge in [-0.1, -0.05) is 30.3 Å². The number of hydrogen-bond donors (Lipinski definition) is 1. The first kappa shape index (κ1) is 24.5. The van der Waals surface area contributed by atoms with Crippen LogP contribution in [0.25, 0.3) is 10.9 Å². The van der Waals surface area contributed by atoms with Crippen molar-refractivity contribution >= 4 is 28.4 Å². The van der Waals surface area contributed by atoms with Crippen LogP contribution in [0.15, 0.2) is 72.9 Å². The molecule has 4 aromatic rings. The highest BCUT2D eigenvalue weighted by Crippen LogP contribution is 2.39. The monoisotopic (exact) mass is 510 g/mol. The van der Waals surface area contributed by atoms with Crippen molar-refractivity contribution in [3.63, 3.8) is 0 Å². The van der Waals surface area contributed by atoms with E-state index >= 15 is 0 Å². The normalized spacial score (nSPS) is 18.0. The van der Waals surface area contributed by atoms with Crippen molar-refractivity contribution in [1.29, 1.82) is 0 Å². The molecule has 1 aliphatic heterocycles. The molecule has 2 heterocycles. The summed E-state index contributed by atoms with van der Waals surface area (Å²) in [4.78, 5) is 26.6. The fraction of sp³-hybridized carbons (Fsp3) is 0.222. The molecule has 1 unspecified atom stereocenters. The predicted octanol–water partition coefficient (Wildman–Crippen LogP) is 4.98. The lowest BCUT2D eigenvalue weighted by atomic mass is 9.99. The van der Waals surface area contributed by atoms with E-state index in [1.807, 2.05) is 0 Å². The van der Waals surface area contributed by atoms with E-state index in [-0.39, 0.29) is 18.8 Å². The maximum atomic E-state index is 14.1. The molecule has 1 fully saturated rings. The molecule has 3 aromatic carbocycles. The largest absolute Gasteiger partial charge is 0.345 e. The number of carbonyl (C=O) groups excluding carboxylic acids is 2. The number of nitrogens with zero attached hydrogens (tertiary/aromatic N) is 3. The number of benzene rings is 3. The molecule has 190 valence electrons. The number of nitrogens with one attached hydrogen (secondary N) is 1. The van der Waals surface area contributed by atoms with Crippen molar-refractivity contribution < 1.29 is 27.2 Å². The van der Waals surface area contributed by atoms with E-state index < -0.39 is 35.6 Å². The molecule has 1 aliphatic rings. The summed E-state index contributed by atoms with van der Waals surface area (Å²) in [5, 5.41) is 7.31. The molecular formula is C27H22F4N4O2. The maximum absolute atomic E-state index is 14.1. The minimum atomic E-state index is -3.63. The molecule has 10 heteroatoms. The van der Waals surface area contributed by atoms with Gasteiger partial charge in [0.05, 0.1) is 30.3 Å². The highest BCUT2D eigenvalue weighted by Gasteiger charge is 2.45. The second kappa shape index (κ2) is 9.34. The zero-order chi connectivity index (χ0) is 26.3. The summed E-state index contributed by atoms with van der Waals surface area (Å²) < 4.78 is 56.6. The van der Waals surface area contributed by atoms with Crippen LogP contribution in [0, 0.1) is 11.6 Å². The van der Waals surface area contributed by atoms with Crippen LogP contribution in [-0.4, -0.2) is 33.6 Å². The summed E-state index contributed by atoms with van der Waals surface area (Å²) >= 11 is 0. The van der Waals surface area contributed by atoms with E-state index in [4.69, 9.17) is 0 Å². The fourth-order valence-electron chi connectivity index (χ4n) is 4.64. The Morgan fingerprint density at radius 1 is 1.08 bits per heavy atom. The van der Waals surface area contributed by atoms with E-state index in [1.165, 1.54) is 35.2 Å². The second-order valence-corrected chi connectivity index (χ2v) is 9.07. The van der Waals surface area contributed by atoms with Gasteiger partial charge in [0.15, 0.2) is 0 Å². The predicted molar refractivity (Wildman–Crippen MR) is 129 cm³/mol. The van der Waals surface area contributed by atoms with Gasteiger partial charge in [0.25, 0.3) is 5.91 Å². The summed E-state index contributed by atoms with van der Waals surface area (Å²) in [6.07, 6.45) is 1.37. The second-order valence-electron chi connectivity index (χ2n) is 9.07. The molecule has 2 atom stereocenters. The van der Waals surface area contributed by atoms with Crippen molar-refractivity contribution in [2.24, 2.45) is 0 Å². The number of rotatable bonds is 6. The smallest absolute Gasteiger partial charge is 0.321 e. The Labute approximate surface area is 209 Å². The Morgan fingerprint density at radius 2 is 1.81 bits per heavy atom. The average molecular weight is 510 g/mol. The van der Waals surface area contributed by atoms with Crippen LogP contribution < -0.4 is 10.2 Å². The molecule has 6 nitrogen and oxygen atoms in total. The van der Waals surface area contributed by atoms with E-state index in [1.54, 1.807) is 47.3 Å². The Kier molecular flexibility index (Phi) is 6.18. The molecule has 1 N–H and O–H groups in total. The molecule has 5 rings (SSSR count). The number of aromatic nitrogens is 2. The van der Waals surface area contributed by atoms with Gasteiger partial charge in [-0.25, -0.2) is 8.78 Å². The van der Waals surface area contributed by atoms with E-state index in [0.717, 1.165) is 0 Å². The minimum Gasteiger partial charge on any atom is -0.345 e. The first-order valence-corrected chi connectivity index (χ1v) is 11.6. The molecule has 1 saturated heterocycles. The number of alkyl halides is 2. The van der Waals surface area contributed by atoms with E-state index in [0.29, 0.717) is 34.6 Å². The lowest BCUT2D eigenvalue weighted by Crippen LogP contribution is -2.46. The molecule has 0 saturated carbocycles. The number of anilines is 1. The Bertz CT molecular complexity index is 1480. The van der Waals surface area contributed by atoms with Crippen LogP contribution in [0.5, 0.6) is 0 Å². The van der Waals surface area contributed by atoms with Crippen molar-refractivity contribution in [2.45, 2.75) is 37.9 Å². The van der Waals surface area contributed by atoms with Gasteiger partial charge in [-0.2, -0.15) is 13.9 Å². The molecule has 1 aromatic heterocycles. The van der Waals surface area contributed by atoms with Crippen molar-refractivity contribution in [1.82, 2.24) is 15.1 Å². The van der Waals surface area contributed by atoms with Gasteiger partial charge in [-0.05, 0) is 42.0 Å². The van der Waals surface area contributed by atoms with Crippen LogP contribution in [-0.2, 0) is 16.1 Å². The third kappa shape index (κ3) is 4.78. The standard InChI is InChI=1S/C27H22F4N4O2/c1-27(30,31)26(37)33-22-13-24(36)35(25(22)16-6-8-19(28)9-7-16)20-10-11-23-18(12-20)14-32-34(23)15-17-4-2-3-5-21(17)29/h2-12,14,22,25H,13,15H2,1H3,(H,33,37)/t22-,25?/m0/s1. The molecule has 0 bridgehead atoms. The van der Waals surface area contributed by atoms with Gasteiger partial charge >= 0.3 is 5.92 Å². The van der Waals surface area contributed by atoms with Crippen LogP contribution in [0.3, 0.4) is 0 Å². The lowest BCUT2D eigenvalue weighted by molar-refractivity contribution is -0.143. The van der Waals surface area contributed by atoms with Gasteiger partial charge in [0.1, 0.15) is 11.6 Å². The number of carbonyl (C=O) groups is 2. The van der Waals surface area contributed by atoms with Crippen LogP contribution in [0.2, 0.25) is 0 Å². The summed E-state index contributed by atoms with van der Waals surface area (Å²) in [5.41, 5.74) is 2.10. The highest BCUT2D eigenvalue weighted by molar-refractivity contribution is 6.00. The molecule has 2 amide bonds. The number of amides is 2. The topological polar surface area (TPSA) is 67.2 Å². The molecule has 37 heavy (non-hydrogen) atoms. The molecule has 0 spiro atoms. The number of fused-ring (bicyclic) bond motifs is 1. The summed E-state index contributed by atoms with van der Waals surface area (Å²) in [6.45, 7) is 0.687. The highest BCUT2D eigenvalue weighted by atomic mass is 19.3.